The lowest BCUT2D eigenvalue weighted by Gasteiger charge is -2.26. The zero-order valence-electron chi connectivity index (χ0n) is 15.3. The minimum absolute atomic E-state index is 0.0293. The van der Waals surface area contributed by atoms with E-state index in [4.69, 9.17) is 0 Å². The summed E-state index contributed by atoms with van der Waals surface area (Å²) in [5, 5.41) is 2.96. The van der Waals surface area contributed by atoms with E-state index >= 15 is 0 Å². The van der Waals surface area contributed by atoms with Gasteiger partial charge in [-0.1, -0.05) is 55.5 Å². The molecule has 0 aliphatic carbocycles. The summed E-state index contributed by atoms with van der Waals surface area (Å²) in [6.45, 7) is 3.46. The van der Waals surface area contributed by atoms with E-state index in [9.17, 15) is 9.59 Å². The molecule has 4 heteroatoms. The first kappa shape index (κ1) is 18.2. The molecule has 4 nitrogen and oxygen atoms in total. The molecule has 0 saturated carbocycles. The first-order valence-corrected chi connectivity index (χ1v) is 9.38. The third-order valence-electron chi connectivity index (χ3n) is 4.88. The first-order chi connectivity index (χ1) is 12.7. The molecule has 0 radical (unpaired) electrons. The van der Waals surface area contributed by atoms with Crippen LogP contribution in [0.1, 0.15) is 37.3 Å². The predicted molar refractivity (Wildman–Crippen MR) is 104 cm³/mol. The van der Waals surface area contributed by atoms with Gasteiger partial charge < -0.3 is 10.2 Å². The molecule has 1 atom stereocenters. The van der Waals surface area contributed by atoms with Crippen LogP contribution in [0.5, 0.6) is 0 Å². The number of carbonyl (C=O) groups excluding carboxylic acids is 2. The number of fused-ring (bicyclic) bond motifs is 1. The monoisotopic (exact) mass is 350 g/mol. The molecule has 0 aromatic heterocycles. The van der Waals surface area contributed by atoms with Gasteiger partial charge in [-0.2, -0.15) is 0 Å². The maximum atomic E-state index is 12.7. The fraction of sp³-hybridized carbons (Fsp3) is 0.364. The number of para-hydroxylation sites is 1. The minimum Gasteiger partial charge on any atom is -0.338 e. The van der Waals surface area contributed by atoms with Crippen LogP contribution in [-0.2, 0) is 22.6 Å². The Kier molecular flexibility index (Phi) is 6.05. The Morgan fingerprint density at radius 2 is 1.85 bits per heavy atom. The van der Waals surface area contributed by atoms with Gasteiger partial charge in [0, 0.05) is 31.1 Å². The molecule has 1 unspecified atom stereocenters. The molecular weight excluding hydrogens is 324 g/mol. The standard InChI is InChI=1S/C22H26N2O2/c1-2-14-24(16-17-8-4-3-5-9-17)21(25)13-12-19-15-18-10-6-7-11-20(18)23-22(19)26/h3-11,19H,2,12-16H2,1H3,(H,23,26). The van der Waals surface area contributed by atoms with E-state index < -0.39 is 0 Å². The summed E-state index contributed by atoms with van der Waals surface area (Å²) in [7, 11) is 0. The maximum absolute atomic E-state index is 12.7. The molecule has 0 spiro atoms. The van der Waals surface area contributed by atoms with E-state index in [1.807, 2.05) is 59.5 Å². The van der Waals surface area contributed by atoms with Gasteiger partial charge in [-0.15, -0.1) is 0 Å². The highest BCUT2D eigenvalue weighted by Crippen LogP contribution is 2.27. The average Bonchev–Trinajstić information content (AvgIpc) is 2.66. The van der Waals surface area contributed by atoms with Gasteiger partial charge in [0.05, 0.1) is 0 Å². The Bertz CT molecular complexity index is 758. The van der Waals surface area contributed by atoms with Gasteiger partial charge in [-0.05, 0) is 36.5 Å². The maximum Gasteiger partial charge on any atom is 0.227 e. The minimum atomic E-state index is -0.131. The molecular formula is C22H26N2O2. The van der Waals surface area contributed by atoms with E-state index in [-0.39, 0.29) is 17.7 Å². The van der Waals surface area contributed by atoms with Gasteiger partial charge in [0.1, 0.15) is 0 Å². The van der Waals surface area contributed by atoms with Crippen LogP contribution in [0, 0.1) is 5.92 Å². The molecule has 26 heavy (non-hydrogen) atoms. The molecule has 0 bridgehead atoms. The molecule has 136 valence electrons. The Morgan fingerprint density at radius 3 is 2.62 bits per heavy atom. The molecule has 1 N–H and O–H groups in total. The smallest absolute Gasteiger partial charge is 0.227 e. The highest BCUT2D eigenvalue weighted by molar-refractivity contribution is 5.96. The van der Waals surface area contributed by atoms with E-state index in [2.05, 4.69) is 12.2 Å². The number of anilines is 1. The summed E-state index contributed by atoms with van der Waals surface area (Å²) < 4.78 is 0. The Balaban J connectivity index is 1.59. The van der Waals surface area contributed by atoms with E-state index in [1.54, 1.807) is 0 Å². The number of rotatable bonds is 7. The van der Waals surface area contributed by atoms with Gasteiger partial charge in [-0.25, -0.2) is 0 Å². The van der Waals surface area contributed by atoms with Crippen molar-refractivity contribution in [2.24, 2.45) is 5.92 Å². The van der Waals surface area contributed by atoms with Crippen molar-refractivity contribution in [3.63, 3.8) is 0 Å². The van der Waals surface area contributed by atoms with Crippen LogP contribution in [0.3, 0.4) is 0 Å². The van der Waals surface area contributed by atoms with Crippen LogP contribution in [0.4, 0.5) is 5.69 Å². The Hall–Kier alpha value is -2.62. The van der Waals surface area contributed by atoms with Gasteiger partial charge in [0.25, 0.3) is 0 Å². The Morgan fingerprint density at radius 1 is 1.12 bits per heavy atom. The number of nitrogens with zero attached hydrogens (tertiary/aromatic N) is 1. The summed E-state index contributed by atoms with van der Waals surface area (Å²) in [5.41, 5.74) is 3.19. The van der Waals surface area contributed by atoms with Gasteiger partial charge in [-0.3, -0.25) is 9.59 Å². The molecule has 2 aromatic rings. The number of benzene rings is 2. The molecule has 1 aliphatic heterocycles. The van der Waals surface area contributed by atoms with E-state index in [1.165, 1.54) is 0 Å². The van der Waals surface area contributed by atoms with Crippen molar-refractivity contribution in [2.75, 3.05) is 11.9 Å². The fourth-order valence-corrected chi connectivity index (χ4v) is 3.47. The van der Waals surface area contributed by atoms with Crippen LogP contribution in [0.25, 0.3) is 0 Å². The van der Waals surface area contributed by atoms with Crippen LogP contribution in [-0.4, -0.2) is 23.3 Å². The van der Waals surface area contributed by atoms with Crippen LogP contribution < -0.4 is 5.32 Å². The lowest BCUT2D eigenvalue weighted by molar-refractivity contribution is -0.132. The molecule has 0 fully saturated rings. The van der Waals surface area contributed by atoms with Crippen molar-refractivity contribution in [1.29, 1.82) is 0 Å². The first-order valence-electron chi connectivity index (χ1n) is 9.38. The lowest BCUT2D eigenvalue weighted by atomic mass is 9.89. The van der Waals surface area contributed by atoms with E-state index in [0.717, 1.165) is 29.8 Å². The molecule has 2 aromatic carbocycles. The highest BCUT2D eigenvalue weighted by atomic mass is 16.2. The second-order valence-electron chi connectivity index (χ2n) is 6.89. The van der Waals surface area contributed by atoms with Crippen molar-refractivity contribution in [2.45, 2.75) is 39.2 Å². The van der Waals surface area contributed by atoms with E-state index in [0.29, 0.717) is 25.8 Å². The van der Waals surface area contributed by atoms with Gasteiger partial charge >= 0.3 is 0 Å². The van der Waals surface area contributed by atoms with Crippen molar-refractivity contribution < 1.29 is 9.59 Å². The SMILES string of the molecule is CCCN(Cc1ccccc1)C(=O)CCC1Cc2ccccc2NC1=O. The molecule has 1 aliphatic rings. The topological polar surface area (TPSA) is 49.4 Å². The average molecular weight is 350 g/mol. The number of carbonyl (C=O) groups is 2. The molecule has 1 heterocycles. The number of hydrogen-bond acceptors (Lipinski definition) is 2. The zero-order chi connectivity index (χ0) is 18.4. The summed E-state index contributed by atoms with van der Waals surface area (Å²) in [6.07, 6.45) is 2.64. The normalized spacial score (nSPS) is 15.9. The third kappa shape index (κ3) is 4.51. The van der Waals surface area contributed by atoms with Gasteiger partial charge in [0.2, 0.25) is 11.8 Å². The predicted octanol–water partition coefficient (Wildman–Crippen LogP) is 4.02. The summed E-state index contributed by atoms with van der Waals surface area (Å²) in [6, 6.07) is 17.9. The zero-order valence-corrected chi connectivity index (χ0v) is 15.3. The summed E-state index contributed by atoms with van der Waals surface area (Å²) >= 11 is 0. The van der Waals surface area contributed by atoms with Gasteiger partial charge in [0.15, 0.2) is 0 Å². The van der Waals surface area contributed by atoms with Crippen molar-refractivity contribution in [3.8, 4) is 0 Å². The second-order valence-corrected chi connectivity index (χ2v) is 6.89. The number of nitrogens with one attached hydrogen (secondary N) is 1. The third-order valence-corrected chi connectivity index (χ3v) is 4.88. The van der Waals surface area contributed by atoms with Crippen LogP contribution in [0.15, 0.2) is 54.6 Å². The molecule has 0 saturated heterocycles. The second kappa shape index (κ2) is 8.65. The summed E-state index contributed by atoms with van der Waals surface area (Å²) in [5.74, 6) is 0.0259. The number of amides is 2. The van der Waals surface area contributed by atoms with Crippen LogP contribution >= 0.6 is 0 Å². The Labute approximate surface area is 155 Å². The van der Waals surface area contributed by atoms with Crippen molar-refractivity contribution in [1.82, 2.24) is 4.90 Å². The number of hydrogen-bond donors (Lipinski definition) is 1. The fourth-order valence-electron chi connectivity index (χ4n) is 3.47. The van der Waals surface area contributed by atoms with Crippen molar-refractivity contribution >= 4 is 17.5 Å². The summed E-state index contributed by atoms with van der Waals surface area (Å²) in [4.78, 5) is 27.0. The largest absolute Gasteiger partial charge is 0.338 e. The van der Waals surface area contributed by atoms with Crippen LogP contribution in [0.2, 0.25) is 0 Å². The quantitative estimate of drug-likeness (QED) is 0.820. The molecule has 2 amide bonds. The van der Waals surface area contributed by atoms with Crippen molar-refractivity contribution in [3.05, 3.63) is 65.7 Å². The highest BCUT2D eigenvalue weighted by Gasteiger charge is 2.27. The molecule has 3 rings (SSSR count). The lowest BCUT2D eigenvalue weighted by Crippen LogP contribution is -2.34.